The molecule has 1 atom stereocenters. The number of aromatic nitrogens is 2. The van der Waals surface area contributed by atoms with Gasteiger partial charge in [0.25, 0.3) is 11.5 Å². The predicted octanol–water partition coefficient (Wildman–Crippen LogP) is -0.433. The largest absolute Gasteiger partial charge is 0.345 e. The highest BCUT2D eigenvalue weighted by atomic mass is 16.2. The zero-order chi connectivity index (χ0) is 15.5. The molecule has 0 aliphatic carbocycles. The van der Waals surface area contributed by atoms with Crippen molar-refractivity contribution in [2.45, 2.75) is 32.7 Å². The first-order valence-electron chi connectivity index (χ1n) is 6.51. The highest BCUT2D eigenvalue weighted by Crippen LogP contribution is 2.15. The second kappa shape index (κ2) is 6.04. The summed E-state index contributed by atoms with van der Waals surface area (Å²) in [5, 5.41) is 2.78. The van der Waals surface area contributed by atoms with Gasteiger partial charge in [-0.3, -0.25) is 14.2 Å². The van der Waals surface area contributed by atoms with Crippen LogP contribution in [0.1, 0.15) is 37.6 Å². The molecule has 4 N–H and O–H groups in total. The van der Waals surface area contributed by atoms with E-state index in [0.717, 1.165) is 10.8 Å². The lowest BCUT2D eigenvalue weighted by molar-refractivity contribution is 0.0895. The van der Waals surface area contributed by atoms with Crippen molar-refractivity contribution in [1.29, 1.82) is 0 Å². The number of nitrogens with two attached hydrogens (primary N) is 1. The summed E-state index contributed by atoms with van der Waals surface area (Å²) in [6, 6.07) is 0. The van der Waals surface area contributed by atoms with E-state index in [1.54, 1.807) is 0 Å². The first-order valence-corrected chi connectivity index (χ1v) is 6.51. The maximum atomic E-state index is 12.2. The second-order valence-corrected chi connectivity index (χ2v) is 5.69. The van der Waals surface area contributed by atoms with Crippen molar-refractivity contribution in [2.24, 2.45) is 18.7 Å². The van der Waals surface area contributed by atoms with Crippen LogP contribution in [0.4, 0.5) is 0 Å². The topological polar surface area (TPSA) is 110 Å². The van der Waals surface area contributed by atoms with Crippen LogP contribution in [0, 0.1) is 5.92 Å². The quantitative estimate of drug-likeness (QED) is 0.680. The van der Waals surface area contributed by atoms with Crippen LogP contribution in [-0.4, -0.2) is 27.5 Å². The lowest BCUT2D eigenvalue weighted by atomic mass is 9.90. The molecule has 0 spiro atoms. The van der Waals surface area contributed by atoms with E-state index in [2.05, 4.69) is 10.3 Å². The molecule has 0 fully saturated rings. The number of amides is 1. The van der Waals surface area contributed by atoms with Crippen LogP contribution in [0.15, 0.2) is 15.8 Å². The van der Waals surface area contributed by atoms with Crippen LogP contribution in [0.5, 0.6) is 0 Å². The minimum atomic E-state index is -0.629. The third-order valence-electron chi connectivity index (χ3n) is 3.15. The molecule has 7 nitrogen and oxygen atoms in total. The van der Waals surface area contributed by atoms with Crippen LogP contribution in [0.2, 0.25) is 0 Å². The van der Waals surface area contributed by atoms with Gasteiger partial charge in [0.1, 0.15) is 5.56 Å². The molecule has 0 aliphatic rings. The monoisotopic (exact) mass is 282 g/mol. The highest BCUT2D eigenvalue weighted by molar-refractivity contribution is 5.94. The van der Waals surface area contributed by atoms with E-state index < -0.39 is 22.7 Å². The van der Waals surface area contributed by atoms with E-state index in [1.807, 2.05) is 20.8 Å². The minimum absolute atomic E-state index is 0.101. The predicted molar refractivity (Wildman–Crippen MR) is 76.7 cm³/mol. The van der Waals surface area contributed by atoms with Crippen molar-refractivity contribution in [3.63, 3.8) is 0 Å². The van der Waals surface area contributed by atoms with Crippen LogP contribution in [0.3, 0.4) is 0 Å². The standard InChI is InChI=1S/C13H22N4O3/c1-8(2)5-13(3,7-14)16-10(18)9-6-15-12(20)17(4)11(9)19/h6,8H,5,7,14H2,1-4H3,(H,15,20)(H,16,18). The minimum Gasteiger partial charge on any atom is -0.345 e. The molecule has 0 saturated heterocycles. The van der Waals surface area contributed by atoms with Crippen molar-refractivity contribution in [2.75, 3.05) is 6.54 Å². The second-order valence-electron chi connectivity index (χ2n) is 5.69. The molecule has 20 heavy (non-hydrogen) atoms. The Balaban J connectivity index is 3.05. The number of hydrogen-bond acceptors (Lipinski definition) is 4. The van der Waals surface area contributed by atoms with Gasteiger partial charge in [-0.25, -0.2) is 4.79 Å². The Labute approximate surface area is 117 Å². The van der Waals surface area contributed by atoms with Gasteiger partial charge in [-0.15, -0.1) is 0 Å². The molecular weight excluding hydrogens is 260 g/mol. The fourth-order valence-electron chi connectivity index (χ4n) is 2.16. The van der Waals surface area contributed by atoms with Gasteiger partial charge >= 0.3 is 5.69 Å². The van der Waals surface area contributed by atoms with Crippen molar-refractivity contribution in [3.8, 4) is 0 Å². The van der Waals surface area contributed by atoms with E-state index in [-0.39, 0.29) is 12.1 Å². The summed E-state index contributed by atoms with van der Waals surface area (Å²) in [5.74, 6) is -0.183. The molecule has 0 radical (unpaired) electrons. The molecule has 1 heterocycles. The Morgan fingerprint density at radius 1 is 1.50 bits per heavy atom. The molecule has 112 valence electrons. The number of carbonyl (C=O) groups excluding carboxylic acids is 1. The highest BCUT2D eigenvalue weighted by Gasteiger charge is 2.27. The number of carbonyl (C=O) groups is 1. The number of hydrogen-bond donors (Lipinski definition) is 3. The molecular formula is C13H22N4O3. The first-order chi connectivity index (χ1) is 9.20. The Morgan fingerprint density at radius 2 is 2.10 bits per heavy atom. The lowest BCUT2D eigenvalue weighted by Crippen LogP contribution is -2.53. The summed E-state index contributed by atoms with van der Waals surface area (Å²) >= 11 is 0. The number of nitrogens with one attached hydrogen (secondary N) is 2. The van der Waals surface area contributed by atoms with E-state index in [0.29, 0.717) is 12.3 Å². The Morgan fingerprint density at radius 3 is 2.60 bits per heavy atom. The Kier molecular flexibility index (Phi) is 4.88. The van der Waals surface area contributed by atoms with Gasteiger partial charge < -0.3 is 16.0 Å². The van der Waals surface area contributed by atoms with Gasteiger partial charge in [0.05, 0.1) is 0 Å². The van der Waals surface area contributed by atoms with E-state index in [1.165, 1.54) is 7.05 Å². The van der Waals surface area contributed by atoms with Gasteiger partial charge in [0.15, 0.2) is 0 Å². The van der Waals surface area contributed by atoms with Crippen molar-refractivity contribution in [3.05, 3.63) is 32.6 Å². The van der Waals surface area contributed by atoms with Crippen molar-refractivity contribution < 1.29 is 4.79 Å². The molecule has 0 saturated carbocycles. The third kappa shape index (κ3) is 3.57. The van der Waals surface area contributed by atoms with E-state index in [9.17, 15) is 14.4 Å². The van der Waals surface area contributed by atoms with Gasteiger partial charge in [-0.2, -0.15) is 0 Å². The molecule has 1 rings (SSSR count). The summed E-state index contributed by atoms with van der Waals surface area (Å²) < 4.78 is 0.858. The number of H-pyrrole nitrogens is 1. The molecule has 7 heteroatoms. The fourth-order valence-corrected chi connectivity index (χ4v) is 2.16. The maximum Gasteiger partial charge on any atom is 0.328 e. The average molecular weight is 282 g/mol. The first kappa shape index (κ1) is 16.2. The van der Waals surface area contributed by atoms with Crippen LogP contribution in [0.25, 0.3) is 0 Å². The Hall–Kier alpha value is -1.89. The molecule has 1 aromatic heterocycles. The van der Waals surface area contributed by atoms with Crippen LogP contribution in [-0.2, 0) is 7.05 Å². The molecule has 1 amide bonds. The SMILES string of the molecule is CC(C)CC(C)(CN)NC(=O)c1c[nH]c(=O)n(C)c1=O. The van der Waals surface area contributed by atoms with Gasteiger partial charge in [-0.05, 0) is 19.3 Å². The normalized spacial score (nSPS) is 14.1. The molecule has 0 bridgehead atoms. The zero-order valence-corrected chi connectivity index (χ0v) is 12.3. The zero-order valence-electron chi connectivity index (χ0n) is 12.3. The molecule has 1 unspecified atom stereocenters. The number of nitrogens with zero attached hydrogens (tertiary/aromatic N) is 1. The number of rotatable bonds is 5. The van der Waals surface area contributed by atoms with Crippen molar-refractivity contribution in [1.82, 2.24) is 14.9 Å². The summed E-state index contributed by atoms with van der Waals surface area (Å²) in [4.78, 5) is 37.7. The maximum absolute atomic E-state index is 12.2. The third-order valence-corrected chi connectivity index (χ3v) is 3.15. The fraction of sp³-hybridized carbons (Fsp3) is 0.615. The van der Waals surface area contributed by atoms with Crippen LogP contribution < -0.4 is 22.3 Å². The Bertz CT molecular complexity index is 602. The van der Waals surface area contributed by atoms with Gasteiger partial charge in [0.2, 0.25) is 0 Å². The van der Waals surface area contributed by atoms with Crippen LogP contribution >= 0.6 is 0 Å². The summed E-state index contributed by atoms with van der Waals surface area (Å²) in [6.45, 7) is 6.15. The summed E-state index contributed by atoms with van der Waals surface area (Å²) in [6.07, 6.45) is 1.82. The van der Waals surface area contributed by atoms with E-state index in [4.69, 9.17) is 5.73 Å². The average Bonchev–Trinajstić information content (AvgIpc) is 2.34. The van der Waals surface area contributed by atoms with E-state index >= 15 is 0 Å². The van der Waals surface area contributed by atoms with Gasteiger partial charge in [0, 0.05) is 25.3 Å². The molecule has 1 aromatic rings. The molecule has 0 aliphatic heterocycles. The lowest BCUT2D eigenvalue weighted by Gasteiger charge is -2.31. The number of aromatic amines is 1. The molecule has 0 aromatic carbocycles. The summed E-state index contributed by atoms with van der Waals surface area (Å²) in [7, 11) is 1.31. The smallest absolute Gasteiger partial charge is 0.328 e. The summed E-state index contributed by atoms with van der Waals surface area (Å²) in [5.41, 5.74) is 3.84. The van der Waals surface area contributed by atoms with Gasteiger partial charge in [-0.1, -0.05) is 13.8 Å². The van der Waals surface area contributed by atoms with Crippen molar-refractivity contribution >= 4 is 5.91 Å².